The van der Waals surface area contributed by atoms with Crippen molar-refractivity contribution >= 4 is 12.2 Å². The van der Waals surface area contributed by atoms with Gasteiger partial charge in [-0.15, -0.1) is 0 Å². The normalized spacial score (nSPS) is 27.7. The van der Waals surface area contributed by atoms with Gasteiger partial charge in [0.25, 0.3) is 0 Å². The minimum absolute atomic E-state index is 0. The molecule has 0 aromatic rings. The second kappa shape index (κ2) is 10.4. The van der Waals surface area contributed by atoms with Crippen molar-refractivity contribution in [1.29, 1.82) is 0 Å². The first-order chi connectivity index (χ1) is 10.2. The Labute approximate surface area is 213 Å². The number of carbonyl (C=O) groups excluding carboxylic acids is 2. The summed E-state index contributed by atoms with van der Waals surface area (Å²) >= 11 is 0. The van der Waals surface area contributed by atoms with Gasteiger partial charge in [-0.05, 0) is 27.7 Å². The fourth-order valence-corrected chi connectivity index (χ4v) is 2.53. The van der Waals surface area contributed by atoms with Crippen LogP contribution in [0.25, 0.3) is 0 Å². The molecule has 24 heavy (non-hydrogen) atoms. The van der Waals surface area contributed by atoms with Gasteiger partial charge in [-0.25, -0.2) is 19.6 Å². The van der Waals surface area contributed by atoms with E-state index in [-0.39, 0.29) is 100 Å². The van der Waals surface area contributed by atoms with Crippen LogP contribution in [0.4, 0.5) is 9.59 Å². The van der Waals surface area contributed by atoms with E-state index in [2.05, 4.69) is 0 Å². The molecule has 0 spiro atoms. The molecule has 2 aliphatic heterocycles. The van der Waals surface area contributed by atoms with E-state index in [1.54, 1.807) is 39.8 Å². The van der Waals surface area contributed by atoms with Gasteiger partial charge in [0, 0.05) is 88.1 Å². The molecule has 10 heteroatoms. The third-order valence-electron chi connectivity index (χ3n) is 3.40. The summed E-state index contributed by atoms with van der Waals surface area (Å²) in [6, 6.07) is -1.77. The molecular formula is C14H22Ac2N2O6. The summed E-state index contributed by atoms with van der Waals surface area (Å²) in [4.78, 5) is 24.6. The fraction of sp³-hybridized carbons (Fsp3) is 0.714. The molecule has 1 aliphatic carbocycles. The summed E-state index contributed by atoms with van der Waals surface area (Å²) in [7, 11) is 0. The van der Waals surface area contributed by atoms with Gasteiger partial charge in [0.05, 0.1) is 12.2 Å². The van der Waals surface area contributed by atoms with E-state index in [4.69, 9.17) is 9.47 Å². The first kappa shape index (κ1) is 25.1. The molecule has 1 saturated heterocycles. The zero-order valence-electron chi connectivity index (χ0n) is 14.2. The summed E-state index contributed by atoms with van der Waals surface area (Å²) in [5.41, 5.74) is 0. The van der Waals surface area contributed by atoms with Gasteiger partial charge in [-0.3, -0.25) is 0 Å². The number of hydrazine groups is 1. The minimum Gasteiger partial charge on any atom is -0.445 e. The molecule has 0 aromatic heterocycles. The maximum Gasteiger partial charge on any atom is 0.429 e. The van der Waals surface area contributed by atoms with Gasteiger partial charge in [0.1, 0.15) is 24.3 Å². The van der Waals surface area contributed by atoms with Crippen molar-refractivity contribution in [2.75, 3.05) is 0 Å². The van der Waals surface area contributed by atoms with E-state index >= 15 is 0 Å². The molecule has 1 fully saturated rings. The van der Waals surface area contributed by atoms with Gasteiger partial charge in [0.2, 0.25) is 0 Å². The predicted molar refractivity (Wildman–Crippen MR) is 75.6 cm³/mol. The second-order valence-electron chi connectivity index (χ2n) is 5.90. The van der Waals surface area contributed by atoms with E-state index in [0.29, 0.717) is 0 Å². The van der Waals surface area contributed by atoms with Gasteiger partial charge < -0.3 is 19.7 Å². The van der Waals surface area contributed by atoms with E-state index in [0.717, 1.165) is 10.0 Å². The van der Waals surface area contributed by atoms with Crippen molar-refractivity contribution in [3.05, 3.63) is 12.2 Å². The largest absolute Gasteiger partial charge is 0.445 e. The minimum atomic E-state index is -1.20. The summed E-state index contributed by atoms with van der Waals surface area (Å²) < 4.78 is 10.2. The maximum atomic E-state index is 12.3. The number of amides is 2. The van der Waals surface area contributed by atoms with E-state index in [1.165, 1.54) is 0 Å². The molecule has 3 rings (SSSR count). The maximum absolute atomic E-state index is 12.3. The quantitative estimate of drug-likeness (QED) is 0.401. The Kier molecular flexibility index (Phi) is 10.9. The Bertz CT molecular complexity index is 446. The number of fused-ring (bicyclic) bond motifs is 2. The Balaban J connectivity index is 0.00000264. The molecule has 130 valence electrons. The average Bonchev–Trinajstić information content (AvgIpc) is 2.41. The Hall–Kier alpha value is 1.08. The molecule has 2 heterocycles. The zero-order valence-corrected chi connectivity index (χ0v) is 23.7. The van der Waals surface area contributed by atoms with Gasteiger partial charge >= 0.3 is 12.2 Å². The zero-order chi connectivity index (χ0) is 16.6. The fourth-order valence-electron chi connectivity index (χ4n) is 2.53. The Morgan fingerprint density at radius 3 is 1.38 bits per heavy atom. The number of hydrogen-bond acceptors (Lipinski definition) is 6. The van der Waals surface area contributed by atoms with Crippen LogP contribution in [0.1, 0.15) is 27.7 Å². The predicted octanol–water partition coefficient (Wildman–Crippen LogP) is 0.638. The van der Waals surface area contributed by atoms with E-state index in [9.17, 15) is 19.8 Å². The molecule has 0 saturated carbocycles. The van der Waals surface area contributed by atoms with Crippen LogP contribution in [0, 0.1) is 88.1 Å². The molecule has 4 atom stereocenters. The third kappa shape index (κ3) is 5.30. The van der Waals surface area contributed by atoms with Crippen LogP contribution >= 0.6 is 0 Å². The molecule has 0 aromatic carbocycles. The summed E-state index contributed by atoms with van der Waals surface area (Å²) in [5, 5.41) is 22.2. The number of carbonyl (C=O) groups is 2. The molecule has 2 N–H and O–H groups in total. The van der Waals surface area contributed by atoms with Crippen LogP contribution < -0.4 is 0 Å². The number of rotatable bonds is 2. The van der Waals surface area contributed by atoms with Crippen LogP contribution in [0.3, 0.4) is 0 Å². The van der Waals surface area contributed by atoms with E-state index in [1.807, 2.05) is 0 Å². The Morgan fingerprint density at radius 1 is 0.833 bits per heavy atom. The van der Waals surface area contributed by atoms with Crippen molar-refractivity contribution in [3.63, 3.8) is 0 Å². The van der Waals surface area contributed by atoms with Gasteiger partial charge in [-0.1, -0.05) is 12.2 Å². The SMILES string of the molecule is CC(C)OC(=O)N1C2C=CC(C(O)C2O)N1C(=O)OC(C)C.[Ac].[Ac]. The summed E-state index contributed by atoms with van der Waals surface area (Å²) in [6.07, 6.45) is -1.58. The van der Waals surface area contributed by atoms with Crippen molar-refractivity contribution in [1.82, 2.24) is 10.0 Å². The third-order valence-corrected chi connectivity index (χ3v) is 3.40. The van der Waals surface area contributed by atoms with Crippen LogP contribution in [-0.2, 0) is 9.47 Å². The second-order valence-corrected chi connectivity index (χ2v) is 5.90. The molecule has 2 radical (unpaired) electrons. The molecule has 4 unspecified atom stereocenters. The topological polar surface area (TPSA) is 99.5 Å². The number of aliphatic hydroxyl groups excluding tert-OH is 2. The van der Waals surface area contributed by atoms with Crippen molar-refractivity contribution in [2.24, 2.45) is 0 Å². The average molecular weight is 768 g/mol. The monoisotopic (exact) mass is 768 g/mol. The standard InChI is InChI=1S/C14H22N2O6.2Ac/c1-7(2)21-13(19)15-9-5-6-10(12(18)11(9)17)16(15)14(20)22-8(3)4;;/h5-12,17-18H,1-4H3;;. The molecule has 8 nitrogen and oxygen atoms in total. The first-order valence-electron chi connectivity index (χ1n) is 7.28. The van der Waals surface area contributed by atoms with Crippen molar-refractivity contribution in [3.8, 4) is 0 Å². The number of hydrogen-bond donors (Lipinski definition) is 2. The summed E-state index contributed by atoms with van der Waals surface area (Å²) in [5.74, 6) is 0. The van der Waals surface area contributed by atoms with Crippen LogP contribution in [0.15, 0.2) is 12.2 Å². The number of aliphatic hydroxyl groups is 2. The van der Waals surface area contributed by atoms with Gasteiger partial charge in [-0.2, -0.15) is 0 Å². The van der Waals surface area contributed by atoms with Crippen LogP contribution in [0.2, 0.25) is 0 Å². The molecule has 2 bridgehead atoms. The molecular weight excluding hydrogens is 746 g/mol. The smallest absolute Gasteiger partial charge is 0.429 e. The van der Waals surface area contributed by atoms with E-state index < -0.39 is 36.5 Å². The van der Waals surface area contributed by atoms with Crippen LogP contribution in [-0.4, -0.2) is 68.9 Å². The Morgan fingerprint density at radius 2 is 1.12 bits per heavy atom. The first-order valence-corrected chi connectivity index (χ1v) is 7.28. The number of ether oxygens (including phenoxy) is 2. The number of nitrogens with zero attached hydrogens (tertiary/aromatic N) is 2. The van der Waals surface area contributed by atoms with Crippen molar-refractivity contribution in [2.45, 2.75) is 64.2 Å². The summed E-state index contributed by atoms with van der Waals surface area (Å²) in [6.45, 7) is 6.71. The molecule has 2 amide bonds. The molecule has 3 aliphatic rings. The van der Waals surface area contributed by atoms with Gasteiger partial charge in [0.15, 0.2) is 0 Å². The van der Waals surface area contributed by atoms with Crippen molar-refractivity contribution < 1.29 is 117 Å². The van der Waals surface area contributed by atoms with Crippen LogP contribution in [0.5, 0.6) is 0 Å².